The highest BCUT2D eigenvalue weighted by Crippen LogP contribution is 2.59. The molecule has 0 fully saturated rings. The molecule has 5 aromatic heterocycles. The van der Waals surface area contributed by atoms with E-state index in [1.165, 1.54) is 102 Å². The van der Waals surface area contributed by atoms with Crippen LogP contribution in [0.2, 0.25) is 0 Å². The third-order valence-corrected chi connectivity index (χ3v) is 28.9. The van der Waals surface area contributed by atoms with Gasteiger partial charge in [0.05, 0.1) is 5.41 Å². The Balaban J connectivity index is 0.000000111. The second-order valence-electron chi connectivity index (χ2n) is 34.5. The highest BCUT2D eigenvalue weighted by molar-refractivity contribution is 7.26. The van der Waals surface area contributed by atoms with Crippen molar-refractivity contribution in [3.05, 3.63) is 526 Å². The zero-order chi connectivity index (χ0) is 89.3. The molecular weight excluding hydrogens is 1680 g/mol. The Morgan fingerprint density at radius 1 is 0.163 bits per heavy atom. The molecule has 6 nitrogen and oxygen atoms in total. The van der Waals surface area contributed by atoms with Crippen LogP contribution >= 0.6 is 22.7 Å². The third-order valence-electron chi connectivity index (χ3n) is 26.6. The number of hydrogen-bond donors (Lipinski definition) is 0. The van der Waals surface area contributed by atoms with Gasteiger partial charge in [-0.3, -0.25) is 0 Å². The number of para-hydroxylation sites is 5. The lowest BCUT2D eigenvalue weighted by Crippen LogP contribution is -2.28. The van der Waals surface area contributed by atoms with Crippen LogP contribution in [0.25, 0.3) is 162 Å². The van der Waals surface area contributed by atoms with Crippen LogP contribution in [-0.2, 0) is 5.41 Å². The minimum Gasteiger partial charge on any atom is -0.456 e. The minimum absolute atomic E-state index is 0.462. The lowest BCUT2D eigenvalue weighted by atomic mass is 9.67. The molecule has 0 N–H and O–H groups in total. The van der Waals surface area contributed by atoms with Gasteiger partial charge in [-0.05, 0) is 254 Å². The number of nitrogens with zero attached hydrogens (tertiary/aromatic N) is 3. The molecule has 0 atom stereocenters. The average molecular weight is 1760 g/mol. The normalized spacial score (nSPS) is 12.1. The molecule has 636 valence electrons. The van der Waals surface area contributed by atoms with E-state index in [0.717, 1.165) is 134 Å². The van der Waals surface area contributed by atoms with E-state index in [1.54, 1.807) is 0 Å². The molecule has 0 radical (unpaired) electrons. The van der Waals surface area contributed by atoms with Gasteiger partial charge < -0.3 is 28.0 Å². The summed E-state index contributed by atoms with van der Waals surface area (Å²) in [5.41, 5.74) is 32.0. The summed E-state index contributed by atoms with van der Waals surface area (Å²) >= 11 is 3.72. The number of thiophene rings is 2. The van der Waals surface area contributed by atoms with Crippen LogP contribution in [0.15, 0.2) is 517 Å². The fourth-order valence-electron chi connectivity index (χ4n) is 20.5. The summed E-state index contributed by atoms with van der Waals surface area (Å²) in [7, 11) is 0. The van der Waals surface area contributed by atoms with Crippen LogP contribution < -0.4 is 14.7 Å². The number of rotatable bonds is 15. The quantitative estimate of drug-likeness (QED) is 0.102. The monoisotopic (exact) mass is 1760 g/mol. The van der Waals surface area contributed by atoms with Crippen LogP contribution in [0, 0.1) is 0 Å². The van der Waals surface area contributed by atoms with Crippen LogP contribution in [0.5, 0.6) is 0 Å². The van der Waals surface area contributed by atoms with Crippen molar-refractivity contribution < 1.29 is 13.3 Å². The van der Waals surface area contributed by atoms with E-state index in [2.05, 4.69) is 482 Å². The van der Waals surface area contributed by atoms with Crippen molar-refractivity contribution >= 4 is 180 Å². The van der Waals surface area contributed by atoms with Gasteiger partial charge in [-0.1, -0.05) is 322 Å². The molecule has 0 saturated carbocycles. The van der Waals surface area contributed by atoms with Crippen molar-refractivity contribution in [3.8, 4) is 55.6 Å². The van der Waals surface area contributed by atoms with E-state index in [4.69, 9.17) is 13.3 Å². The van der Waals surface area contributed by atoms with E-state index in [1.807, 2.05) is 59.1 Å². The fourth-order valence-corrected chi connectivity index (χ4v) is 22.7. The first kappa shape index (κ1) is 80.0. The Bertz CT molecular complexity index is 8620. The van der Waals surface area contributed by atoms with Gasteiger partial charge in [0.25, 0.3) is 0 Å². The van der Waals surface area contributed by atoms with Crippen molar-refractivity contribution in [1.29, 1.82) is 0 Å². The first-order valence-corrected chi connectivity index (χ1v) is 47.4. The maximum atomic E-state index is 6.43. The van der Waals surface area contributed by atoms with Gasteiger partial charge in [-0.2, -0.15) is 0 Å². The van der Waals surface area contributed by atoms with Crippen molar-refractivity contribution in [2.75, 3.05) is 14.7 Å². The van der Waals surface area contributed by atoms with E-state index < -0.39 is 5.41 Å². The van der Waals surface area contributed by atoms with Crippen LogP contribution in [0.1, 0.15) is 22.3 Å². The molecule has 26 aromatic rings. The summed E-state index contributed by atoms with van der Waals surface area (Å²) in [5.74, 6) is 0. The number of benzene rings is 21. The highest BCUT2D eigenvalue weighted by Gasteiger charge is 2.47. The Hall–Kier alpha value is -17.1. The van der Waals surface area contributed by atoms with Gasteiger partial charge in [0.1, 0.15) is 33.5 Å². The van der Waals surface area contributed by atoms with Gasteiger partial charge in [-0.15, -0.1) is 22.7 Å². The van der Waals surface area contributed by atoms with E-state index in [-0.39, 0.29) is 0 Å². The molecule has 0 unspecified atom stereocenters. The predicted octanol–water partition coefficient (Wildman–Crippen LogP) is 36.9. The lowest BCUT2D eigenvalue weighted by Gasteiger charge is -2.34. The number of furan rings is 3. The maximum absolute atomic E-state index is 6.43. The summed E-state index contributed by atoms with van der Waals surface area (Å²) in [5, 5.41) is 12.0. The minimum atomic E-state index is -0.462. The molecule has 5 heterocycles. The molecule has 27 rings (SSSR count). The largest absolute Gasteiger partial charge is 0.456 e. The topological polar surface area (TPSA) is 49.1 Å². The summed E-state index contributed by atoms with van der Waals surface area (Å²) in [6, 6.07) is 180. The number of anilines is 9. The lowest BCUT2D eigenvalue weighted by molar-refractivity contribution is 0.668. The van der Waals surface area contributed by atoms with Crippen LogP contribution in [0.4, 0.5) is 51.2 Å². The number of hydrogen-bond acceptors (Lipinski definition) is 8. The Labute approximate surface area is 788 Å². The average Bonchev–Trinajstić information content (AvgIpc) is 1.53. The second kappa shape index (κ2) is 34.0. The molecule has 0 amide bonds. The zero-order valence-electron chi connectivity index (χ0n) is 73.3. The van der Waals surface area contributed by atoms with Crippen molar-refractivity contribution in [2.24, 2.45) is 0 Å². The van der Waals surface area contributed by atoms with Crippen LogP contribution in [-0.4, -0.2) is 0 Å². The number of fused-ring (bicyclic) bond motifs is 18. The third kappa shape index (κ3) is 14.3. The van der Waals surface area contributed by atoms with Gasteiger partial charge >= 0.3 is 0 Å². The molecule has 0 bridgehead atoms. The summed E-state index contributed by atoms with van der Waals surface area (Å²) in [6.45, 7) is 0. The Morgan fingerprint density at radius 2 is 0.474 bits per heavy atom. The molecule has 8 heteroatoms. The predicted molar refractivity (Wildman–Crippen MR) is 570 cm³/mol. The molecule has 21 aromatic carbocycles. The van der Waals surface area contributed by atoms with Crippen LogP contribution in [0.3, 0.4) is 0 Å². The summed E-state index contributed by atoms with van der Waals surface area (Å²) < 4.78 is 23.9. The van der Waals surface area contributed by atoms with Gasteiger partial charge in [-0.25, -0.2) is 0 Å². The zero-order valence-corrected chi connectivity index (χ0v) is 74.9. The van der Waals surface area contributed by atoms with E-state index in [0.29, 0.717) is 0 Å². The summed E-state index contributed by atoms with van der Waals surface area (Å²) in [6.07, 6.45) is 0. The van der Waals surface area contributed by atoms with E-state index in [9.17, 15) is 0 Å². The maximum Gasteiger partial charge on any atom is 0.137 e. The Morgan fingerprint density at radius 3 is 1.05 bits per heavy atom. The van der Waals surface area contributed by atoms with Gasteiger partial charge in [0.15, 0.2) is 0 Å². The molecule has 0 spiro atoms. The Kier molecular flexibility index (Phi) is 20.1. The first-order valence-electron chi connectivity index (χ1n) is 45.8. The molecule has 0 aliphatic heterocycles. The molecule has 1 aliphatic rings. The van der Waals surface area contributed by atoms with Crippen molar-refractivity contribution in [3.63, 3.8) is 0 Å². The SMILES string of the molecule is c1ccc(-c2ccc(N(c3cccc(-c4cccc5c4-c4ccccc4C5(c4ccccc4)c4ccccc4)c3)c3ccc4c(c3)oc3ccccc34)cc2)cc1.c1ccc(N(c2cccc(-c3ccc4oc5ccccc5c4c3)c2)c2ccc3oc4ccccc4c3c2)cc1.c1ccc(N(c2cccc(-c3ccc4sc5ccccc5c4c3)c2)c2ccc3sc4ccccc4c3c2)cc1. The van der Waals surface area contributed by atoms with Gasteiger partial charge in [0, 0.05) is 130 Å². The molecule has 1 aliphatic carbocycles. The second-order valence-corrected chi connectivity index (χ2v) is 36.6. The molecule has 0 saturated heterocycles. The smallest absolute Gasteiger partial charge is 0.137 e. The molecule has 135 heavy (non-hydrogen) atoms. The standard InChI is InChI=1S/C55H37NO.C36H23NO2.C36H23NS2/c1-4-16-38(17-5-1)39-30-32-43(33-31-39)56(45-34-35-48-47-24-11-13-29-52(47)57-53(48)37-45)44-23-14-18-40(36-44)46-26-15-28-51-54(46)49-25-10-12-27-50(49)55(51,41-19-6-2-7-20-41)42-21-8-3-9-22-42;2*1-2-10-26(11-3-1)37(28-18-20-36-32(23-28)30-14-5-7-16-34(30)39-36)27-12-8-9-24(21-27)25-17-19-35-31(22-25)29-13-4-6-15-33(29)38-35/h1-37H;2*1-23H. The van der Waals surface area contributed by atoms with Crippen molar-refractivity contribution in [2.45, 2.75) is 5.41 Å². The first-order chi connectivity index (χ1) is 66.9. The van der Waals surface area contributed by atoms with Gasteiger partial charge in [0.2, 0.25) is 0 Å². The van der Waals surface area contributed by atoms with Crippen molar-refractivity contribution in [1.82, 2.24) is 0 Å². The highest BCUT2D eigenvalue weighted by atomic mass is 32.1. The van der Waals surface area contributed by atoms with E-state index >= 15 is 0 Å². The fraction of sp³-hybridized carbons (Fsp3) is 0.00787. The summed E-state index contributed by atoms with van der Waals surface area (Å²) in [4.78, 5) is 7.02. The molecular formula is C127H83N3O3S2.